The van der Waals surface area contributed by atoms with Gasteiger partial charge in [-0.05, 0) is 30.4 Å². The summed E-state index contributed by atoms with van der Waals surface area (Å²) in [4.78, 5) is 0. The molecular formula is C14H23NO. The summed E-state index contributed by atoms with van der Waals surface area (Å²) in [5.41, 5.74) is 9.56. The molecule has 1 rings (SSSR count). The predicted molar refractivity (Wildman–Crippen MR) is 69.0 cm³/mol. The van der Waals surface area contributed by atoms with Crippen LogP contribution in [0.2, 0.25) is 0 Å². The summed E-state index contributed by atoms with van der Waals surface area (Å²) in [6, 6.07) is 4.33. The summed E-state index contributed by atoms with van der Waals surface area (Å²) in [6.45, 7) is 10.6. The lowest BCUT2D eigenvalue weighted by Crippen LogP contribution is -2.16. The van der Waals surface area contributed by atoms with Gasteiger partial charge in [0.05, 0.1) is 7.11 Å². The molecule has 0 radical (unpaired) electrons. The first-order valence-electron chi connectivity index (χ1n) is 5.72. The molecule has 0 bridgehead atoms. The molecule has 16 heavy (non-hydrogen) atoms. The van der Waals surface area contributed by atoms with Crippen molar-refractivity contribution < 1.29 is 4.74 Å². The second kappa shape index (κ2) is 4.46. The SMILES string of the molecule is COc1c(C)cc(C(C)N)cc1C(C)(C)C. The van der Waals surface area contributed by atoms with E-state index in [-0.39, 0.29) is 11.5 Å². The molecular weight excluding hydrogens is 198 g/mol. The minimum Gasteiger partial charge on any atom is -0.496 e. The van der Waals surface area contributed by atoms with Crippen LogP contribution < -0.4 is 10.5 Å². The van der Waals surface area contributed by atoms with E-state index in [1.165, 1.54) is 11.1 Å². The largest absolute Gasteiger partial charge is 0.496 e. The molecule has 0 saturated heterocycles. The van der Waals surface area contributed by atoms with Gasteiger partial charge in [-0.1, -0.05) is 32.9 Å². The van der Waals surface area contributed by atoms with Crippen LogP contribution in [-0.4, -0.2) is 7.11 Å². The Morgan fingerprint density at radius 2 is 1.81 bits per heavy atom. The van der Waals surface area contributed by atoms with Crippen molar-refractivity contribution in [3.05, 3.63) is 28.8 Å². The van der Waals surface area contributed by atoms with Crippen LogP contribution in [0.5, 0.6) is 5.75 Å². The molecule has 0 aliphatic heterocycles. The number of rotatable bonds is 2. The van der Waals surface area contributed by atoms with Gasteiger partial charge < -0.3 is 10.5 Å². The van der Waals surface area contributed by atoms with Crippen molar-refractivity contribution in [2.75, 3.05) is 7.11 Å². The Morgan fingerprint density at radius 1 is 1.25 bits per heavy atom. The number of nitrogens with two attached hydrogens (primary N) is 1. The van der Waals surface area contributed by atoms with Crippen molar-refractivity contribution in [3.63, 3.8) is 0 Å². The Labute approximate surface area is 98.8 Å². The number of ether oxygens (including phenoxy) is 1. The third-order valence-electron chi connectivity index (χ3n) is 2.83. The van der Waals surface area contributed by atoms with E-state index in [4.69, 9.17) is 10.5 Å². The zero-order valence-electron chi connectivity index (χ0n) is 11.2. The second-order valence-corrected chi connectivity index (χ2v) is 5.46. The third-order valence-corrected chi connectivity index (χ3v) is 2.83. The van der Waals surface area contributed by atoms with Crippen LogP contribution in [0, 0.1) is 6.92 Å². The molecule has 0 heterocycles. The quantitative estimate of drug-likeness (QED) is 0.831. The predicted octanol–water partition coefficient (Wildman–Crippen LogP) is 3.32. The van der Waals surface area contributed by atoms with Crippen LogP contribution in [0.1, 0.15) is 50.4 Å². The van der Waals surface area contributed by atoms with E-state index < -0.39 is 0 Å². The lowest BCUT2D eigenvalue weighted by molar-refractivity contribution is 0.394. The molecule has 1 aromatic carbocycles. The highest BCUT2D eigenvalue weighted by molar-refractivity contribution is 5.48. The molecule has 1 unspecified atom stereocenters. The van der Waals surface area contributed by atoms with Crippen molar-refractivity contribution in [2.45, 2.75) is 46.1 Å². The van der Waals surface area contributed by atoms with E-state index in [0.717, 1.165) is 11.3 Å². The minimum atomic E-state index is 0.0608. The summed E-state index contributed by atoms with van der Waals surface area (Å²) in [6.07, 6.45) is 0. The molecule has 0 amide bonds. The fourth-order valence-electron chi connectivity index (χ4n) is 1.89. The Bertz CT molecular complexity index is 375. The maximum absolute atomic E-state index is 5.95. The highest BCUT2D eigenvalue weighted by Crippen LogP contribution is 2.35. The van der Waals surface area contributed by atoms with Gasteiger partial charge in [0, 0.05) is 11.6 Å². The van der Waals surface area contributed by atoms with Crippen LogP contribution in [0.15, 0.2) is 12.1 Å². The molecule has 0 spiro atoms. The number of benzene rings is 1. The zero-order chi connectivity index (χ0) is 12.5. The summed E-state index contributed by atoms with van der Waals surface area (Å²) in [5.74, 6) is 0.983. The maximum Gasteiger partial charge on any atom is 0.125 e. The van der Waals surface area contributed by atoms with Crippen LogP contribution in [0.3, 0.4) is 0 Å². The third kappa shape index (κ3) is 2.56. The van der Waals surface area contributed by atoms with Crippen molar-refractivity contribution in [2.24, 2.45) is 5.73 Å². The normalized spacial score (nSPS) is 13.7. The Kier molecular flexibility index (Phi) is 3.64. The lowest BCUT2D eigenvalue weighted by Gasteiger charge is -2.25. The van der Waals surface area contributed by atoms with Gasteiger partial charge in [-0.3, -0.25) is 0 Å². The summed E-state index contributed by atoms with van der Waals surface area (Å²) < 4.78 is 5.50. The number of hydrogen-bond acceptors (Lipinski definition) is 2. The number of aryl methyl sites for hydroxylation is 1. The van der Waals surface area contributed by atoms with Crippen LogP contribution in [-0.2, 0) is 5.41 Å². The van der Waals surface area contributed by atoms with Crippen molar-refractivity contribution in [1.29, 1.82) is 0 Å². The van der Waals surface area contributed by atoms with Crippen LogP contribution >= 0.6 is 0 Å². The molecule has 1 aromatic rings. The van der Waals surface area contributed by atoms with E-state index in [1.807, 2.05) is 6.92 Å². The molecule has 0 aliphatic carbocycles. The first-order chi connectivity index (χ1) is 7.27. The molecule has 1 atom stereocenters. The average Bonchev–Trinajstić information content (AvgIpc) is 2.14. The van der Waals surface area contributed by atoms with E-state index in [9.17, 15) is 0 Å². The molecule has 2 heteroatoms. The second-order valence-electron chi connectivity index (χ2n) is 5.46. The van der Waals surface area contributed by atoms with Gasteiger partial charge in [0.25, 0.3) is 0 Å². The Balaban J connectivity index is 3.43. The molecule has 2 N–H and O–H groups in total. The standard InChI is InChI=1S/C14H23NO/c1-9-7-11(10(2)15)8-12(13(9)16-6)14(3,4)5/h7-8,10H,15H2,1-6H3. The number of hydrogen-bond donors (Lipinski definition) is 1. The summed E-state index contributed by atoms with van der Waals surface area (Å²) in [7, 11) is 1.73. The van der Waals surface area contributed by atoms with Crippen molar-refractivity contribution in [1.82, 2.24) is 0 Å². The van der Waals surface area contributed by atoms with E-state index in [2.05, 4.69) is 39.8 Å². The molecule has 0 aromatic heterocycles. The minimum absolute atomic E-state index is 0.0608. The molecule has 90 valence electrons. The number of methoxy groups -OCH3 is 1. The monoisotopic (exact) mass is 221 g/mol. The smallest absolute Gasteiger partial charge is 0.125 e. The van der Waals surface area contributed by atoms with Gasteiger partial charge in [0.1, 0.15) is 5.75 Å². The van der Waals surface area contributed by atoms with Gasteiger partial charge in [-0.2, -0.15) is 0 Å². The van der Waals surface area contributed by atoms with Gasteiger partial charge in [0.2, 0.25) is 0 Å². The highest BCUT2D eigenvalue weighted by Gasteiger charge is 2.21. The van der Waals surface area contributed by atoms with Crippen molar-refractivity contribution >= 4 is 0 Å². The molecule has 0 saturated carbocycles. The first kappa shape index (κ1) is 13.0. The summed E-state index contributed by atoms with van der Waals surface area (Å²) in [5, 5.41) is 0. The highest BCUT2D eigenvalue weighted by atomic mass is 16.5. The Morgan fingerprint density at radius 3 is 2.19 bits per heavy atom. The van der Waals surface area contributed by atoms with Gasteiger partial charge in [-0.25, -0.2) is 0 Å². The molecule has 0 fully saturated rings. The summed E-state index contributed by atoms with van der Waals surface area (Å²) >= 11 is 0. The van der Waals surface area contributed by atoms with E-state index >= 15 is 0 Å². The molecule has 2 nitrogen and oxygen atoms in total. The van der Waals surface area contributed by atoms with Crippen molar-refractivity contribution in [3.8, 4) is 5.75 Å². The average molecular weight is 221 g/mol. The fraction of sp³-hybridized carbons (Fsp3) is 0.571. The van der Waals surface area contributed by atoms with E-state index in [0.29, 0.717) is 0 Å². The van der Waals surface area contributed by atoms with Gasteiger partial charge in [0.15, 0.2) is 0 Å². The van der Waals surface area contributed by atoms with Crippen LogP contribution in [0.25, 0.3) is 0 Å². The Hall–Kier alpha value is -1.02. The molecule has 0 aliphatic rings. The van der Waals surface area contributed by atoms with Crippen LogP contribution in [0.4, 0.5) is 0 Å². The topological polar surface area (TPSA) is 35.2 Å². The first-order valence-corrected chi connectivity index (χ1v) is 5.72. The van der Waals surface area contributed by atoms with Gasteiger partial charge >= 0.3 is 0 Å². The zero-order valence-corrected chi connectivity index (χ0v) is 11.2. The lowest BCUT2D eigenvalue weighted by atomic mass is 9.83. The maximum atomic E-state index is 5.95. The van der Waals surface area contributed by atoms with Gasteiger partial charge in [-0.15, -0.1) is 0 Å². The fourth-order valence-corrected chi connectivity index (χ4v) is 1.89. The van der Waals surface area contributed by atoms with E-state index in [1.54, 1.807) is 7.11 Å².